The molecule has 1 aromatic carbocycles. The molecule has 1 aromatic rings. The third-order valence-electron chi connectivity index (χ3n) is 2.70. The maximum Gasteiger partial charge on any atom is 0.241 e. The molecule has 0 saturated heterocycles. The Labute approximate surface area is 102 Å². The standard InChI is InChI=1S/C14H14O2S/c15-17(16,14-9-5-2-6-10-14)12-11-13-7-3-1-4-8-13/h1,3-4,7-9H,2,5-6,10H2. The zero-order valence-corrected chi connectivity index (χ0v) is 10.3. The van der Waals surface area contributed by atoms with Crippen LogP contribution in [0, 0.1) is 11.2 Å². The molecule has 0 unspecified atom stereocenters. The van der Waals surface area contributed by atoms with Gasteiger partial charge in [0.25, 0.3) is 0 Å². The molecule has 0 spiro atoms. The van der Waals surface area contributed by atoms with Crippen LogP contribution in [-0.4, -0.2) is 8.42 Å². The second-order valence-corrected chi connectivity index (χ2v) is 5.75. The smallest absolute Gasteiger partial charge is 0.211 e. The van der Waals surface area contributed by atoms with Crippen LogP contribution >= 0.6 is 0 Å². The van der Waals surface area contributed by atoms with Crippen LogP contribution in [0.5, 0.6) is 0 Å². The first-order valence-corrected chi connectivity index (χ1v) is 7.19. The lowest BCUT2D eigenvalue weighted by Crippen LogP contribution is -2.04. The average molecular weight is 246 g/mol. The van der Waals surface area contributed by atoms with Gasteiger partial charge in [0.2, 0.25) is 9.84 Å². The summed E-state index contributed by atoms with van der Waals surface area (Å²) in [7, 11) is -3.38. The van der Waals surface area contributed by atoms with Gasteiger partial charge in [-0.2, -0.15) is 0 Å². The molecule has 17 heavy (non-hydrogen) atoms. The van der Waals surface area contributed by atoms with E-state index in [0.717, 1.165) is 24.8 Å². The molecule has 2 rings (SSSR count). The van der Waals surface area contributed by atoms with E-state index in [1.165, 1.54) is 0 Å². The quantitative estimate of drug-likeness (QED) is 0.714. The molecule has 0 aromatic heterocycles. The zero-order chi connectivity index (χ0) is 12.1. The SMILES string of the molecule is O=S(=O)(C#Cc1ccccc1)C1=CCCCC1. The van der Waals surface area contributed by atoms with E-state index >= 15 is 0 Å². The van der Waals surface area contributed by atoms with Gasteiger partial charge in [0.05, 0.1) is 4.91 Å². The topological polar surface area (TPSA) is 34.1 Å². The van der Waals surface area contributed by atoms with E-state index in [9.17, 15) is 8.42 Å². The van der Waals surface area contributed by atoms with Crippen molar-refractivity contribution in [2.45, 2.75) is 25.7 Å². The van der Waals surface area contributed by atoms with Crippen LogP contribution in [0.15, 0.2) is 41.3 Å². The summed E-state index contributed by atoms with van der Waals surface area (Å²) in [5, 5.41) is 2.40. The van der Waals surface area contributed by atoms with Gasteiger partial charge in [0.1, 0.15) is 0 Å². The summed E-state index contributed by atoms with van der Waals surface area (Å²) in [4.78, 5) is 0.493. The van der Waals surface area contributed by atoms with E-state index in [-0.39, 0.29) is 0 Å². The third-order valence-corrected chi connectivity index (χ3v) is 4.13. The number of rotatable bonds is 1. The van der Waals surface area contributed by atoms with E-state index in [4.69, 9.17) is 0 Å². The Morgan fingerprint density at radius 1 is 1.06 bits per heavy atom. The Morgan fingerprint density at radius 2 is 1.82 bits per heavy atom. The molecule has 0 N–H and O–H groups in total. The summed E-state index contributed by atoms with van der Waals surface area (Å²) in [6.45, 7) is 0. The average Bonchev–Trinajstić information content (AvgIpc) is 2.39. The van der Waals surface area contributed by atoms with Crippen LogP contribution in [0.3, 0.4) is 0 Å². The first-order chi connectivity index (χ1) is 8.18. The van der Waals surface area contributed by atoms with Gasteiger partial charge >= 0.3 is 0 Å². The van der Waals surface area contributed by atoms with Crippen molar-refractivity contribution >= 4 is 9.84 Å². The van der Waals surface area contributed by atoms with Crippen LogP contribution in [0.25, 0.3) is 0 Å². The summed E-state index contributed by atoms with van der Waals surface area (Å²) in [5.74, 6) is 2.70. The second-order valence-electron chi connectivity index (χ2n) is 4.01. The van der Waals surface area contributed by atoms with Crippen LogP contribution in [0.1, 0.15) is 31.2 Å². The Balaban J connectivity index is 2.24. The number of sulfone groups is 1. The van der Waals surface area contributed by atoms with E-state index in [0.29, 0.717) is 11.3 Å². The van der Waals surface area contributed by atoms with Gasteiger partial charge in [-0.05, 0) is 43.7 Å². The van der Waals surface area contributed by atoms with Gasteiger partial charge in [0, 0.05) is 10.8 Å². The van der Waals surface area contributed by atoms with Crippen LogP contribution in [0.4, 0.5) is 0 Å². The molecule has 0 bridgehead atoms. The third kappa shape index (κ3) is 3.21. The molecular formula is C14H14O2S. The molecule has 1 aliphatic carbocycles. The lowest BCUT2D eigenvalue weighted by Gasteiger charge is -2.08. The molecule has 2 nitrogen and oxygen atoms in total. The predicted octanol–water partition coefficient (Wildman–Crippen LogP) is 2.87. The van der Waals surface area contributed by atoms with Crippen molar-refractivity contribution in [1.82, 2.24) is 0 Å². The molecule has 1 aliphatic rings. The summed E-state index contributed by atoms with van der Waals surface area (Å²) in [6, 6.07) is 9.17. The molecule has 0 radical (unpaired) electrons. The lowest BCUT2D eigenvalue weighted by molar-refractivity contribution is 0.604. The molecule has 3 heteroatoms. The van der Waals surface area contributed by atoms with Gasteiger partial charge in [-0.3, -0.25) is 0 Å². The minimum atomic E-state index is -3.38. The fourth-order valence-electron chi connectivity index (χ4n) is 1.77. The molecular weight excluding hydrogens is 232 g/mol. The molecule has 0 saturated carbocycles. The highest BCUT2D eigenvalue weighted by atomic mass is 32.2. The fourth-order valence-corrected chi connectivity index (χ4v) is 2.90. The highest BCUT2D eigenvalue weighted by Gasteiger charge is 2.16. The van der Waals surface area contributed by atoms with E-state index in [2.05, 4.69) is 11.2 Å². The van der Waals surface area contributed by atoms with Crippen LogP contribution in [0.2, 0.25) is 0 Å². The van der Waals surface area contributed by atoms with E-state index in [1.54, 1.807) is 18.2 Å². The van der Waals surface area contributed by atoms with Crippen molar-refractivity contribution in [1.29, 1.82) is 0 Å². The predicted molar refractivity (Wildman–Crippen MR) is 68.8 cm³/mol. The molecule has 0 aliphatic heterocycles. The fraction of sp³-hybridized carbons (Fsp3) is 0.286. The molecule has 88 valence electrons. The Kier molecular flexibility index (Phi) is 3.65. The summed E-state index contributed by atoms with van der Waals surface area (Å²) < 4.78 is 23.8. The summed E-state index contributed by atoms with van der Waals surface area (Å²) >= 11 is 0. The van der Waals surface area contributed by atoms with E-state index < -0.39 is 9.84 Å². The first-order valence-electron chi connectivity index (χ1n) is 5.70. The second kappa shape index (κ2) is 5.20. The minimum absolute atomic E-state index is 0.493. The van der Waals surface area contributed by atoms with Crippen molar-refractivity contribution in [3.63, 3.8) is 0 Å². The number of allylic oxidation sites excluding steroid dienone is 2. The first kappa shape index (κ1) is 11.9. The number of hydrogen-bond donors (Lipinski definition) is 0. The van der Waals surface area contributed by atoms with Gasteiger partial charge in [-0.15, -0.1) is 0 Å². The Hall–Kier alpha value is -1.53. The van der Waals surface area contributed by atoms with Crippen LogP contribution < -0.4 is 0 Å². The highest BCUT2D eigenvalue weighted by molar-refractivity contribution is 7.99. The van der Waals surface area contributed by atoms with Crippen molar-refractivity contribution in [2.24, 2.45) is 0 Å². The molecule has 0 fully saturated rings. The number of benzene rings is 1. The van der Waals surface area contributed by atoms with Gasteiger partial charge in [0.15, 0.2) is 0 Å². The summed E-state index contributed by atoms with van der Waals surface area (Å²) in [6.07, 6.45) is 5.30. The van der Waals surface area contributed by atoms with Crippen molar-refractivity contribution in [2.75, 3.05) is 0 Å². The summed E-state index contributed by atoms with van der Waals surface area (Å²) in [5.41, 5.74) is 0.729. The molecule has 0 amide bonds. The Morgan fingerprint density at radius 3 is 2.47 bits per heavy atom. The highest BCUT2D eigenvalue weighted by Crippen LogP contribution is 2.22. The van der Waals surface area contributed by atoms with Gasteiger partial charge < -0.3 is 0 Å². The Bertz CT molecular complexity index is 572. The maximum absolute atomic E-state index is 11.9. The largest absolute Gasteiger partial charge is 0.241 e. The zero-order valence-electron chi connectivity index (χ0n) is 9.52. The lowest BCUT2D eigenvalue weighted by atomic mass is 10.1. The maximum atomic E-state index is 11.9. The van der Waals surface area contributed by atoms with E-state index in [1.807, 2.05) is 18.2 Å². The minimum Gasteiger partial charge on any atom is -0.211 e. The van der Waals surface area contributed by atoms with Crippen molar-refractivity contribution in [3.05, 3.63) is 46.9 Å². The van der Waals surface area contributed by atoms with Crippen LogP contribution in [-0.2, 0) is 9.84 Å². The van der Waals surface area contributed by atoms with Crippen molar-refractivity contribution < 1.29 is 8.42 Å². The molecule has 0 atom stereocenters. The monoisotopic (exact) mass is 246 g/mol. The van der Waals surface area contributed by atoms with Gasteiger partial charge in [-0.25, -0.2) is 8.42 Å². The normalized spacial score (nSPS) is 15.6. The van der Waals surface area contributed by atoms with Gasteiger partial charge in [-0.1, -0.05) is 24.3 Å². The van der Waals surface area contributed by atoms with Crippen molar-refractivity contribution in [3.8, 4) is 11.2 Å². The number of hydrogen-bond acceptors (Lipinski definition) is 2. The molecule has 0 heterocycles.